The van der Waals surface area contributed by atoms with Crippen molar-refractivity contribution in [2.24, 2.45) is 0 Å². The van der Waals surface area contributed by atoms with Gasteiger partial charge in [-0.1, -0.05) is 25.1 Å². The van der Waals surface area contributed by atoms with Crippen LogP contribution in [0.2, 0.25) is 0 Å². The molecular formula is C20H21N3O4S2. The quantitative estimate of drug-likeness (QED) is 0.564. The van der Waals surface area contributed by atoms with Crippen molar-refractivity contribution in [3.63, 3.8) is 0 Å². The third-order valence-corrected chi connectivity index (χ3v) is 6.29. The van der Waals surface area contributed by atoms with E-state index in [-0.39, 0.29) is 10.8 Å². The van der Waals surface area contributed by atoms with Crippen LogP contribution in [0.3, 0.4) is 0 Å². The van der Waals surface area contributed by atoms with E-state index < -0.39 is 16.1 Å². The van der Waals surface area contributed by atoms with Crippen LogP contribution in [0.4, 0.5) is 10.8 Å². The van der Waals surface area contributed by atoms with Gasteiger partial charge in [0.1, 0.15) is 5.75 Å². The first-order valence-electron chi connectivity index (χ1n) is 8.97. The zero-order valence-corrected chi connectivity index (χ0v) is 17.6. The van der Waals surface area contributed by atoms with Gasteiger partial charge in [-0.2, -0.15) is 0 Å². The van der Waals surface area contributed by atoms with E-state index in [2.05, 4.69) is 15.0 Å². The Balaban J connectivity index is 1.63. The van der Waals surface area contributed by atoms with Gasteiger partial charge in [-0.05, 0) is 49.2 Å². The summed E-state index contributed by atoms with van der Waals surface area (Å²) >= 11 is 1.19. The van der Waals surface area contributed by atoms with Gasteiger partial charge in [0.2, 0.25) is 0 Å². The Morgan fingerprint density at radius 2 is 1.90 bits per heavy atom. The molecule has 9 heteroatoms. The molecule has 0 aliphatic rings. The van der Waals surface area contributed by atoms with Crippen LogP contribution >= 0.6 is 11.3 Å². The summed E-state index contributed by atoms with van der Waals surface area (Å²) in [6.45, 7) is 3.68. The van der Waals surface area contributed by atoms with Gasteiger partial charge < -0.3 is 10.1 Å². The fourth-order valence-electron chi connectivity index (χ4n) is 2.56. The standard InChI is InChI=1S/C20H21N3O4S2/c1-3-15-6-4-5-7-18(15)27-14(2)19(24)22-16-8-10-17(11-9-16)29(25,26)23-20-21-12-13-28-20/h4-14H,3H2,1-2H3,(H,21,23)(H,22,24)/t14-/m1/s1. The van der Waals surface area contributed by atoms with E-state index in [0.29, 0.717) is 16.6 Å². The molecule has 152 valence electrons. The maximum atomic E-state index is 12.4. The lowest BCUT2D eigenvalue weighted by molar-refractivity contribution is -0.122. The zero-order valence-electron chi connectivity index (χ0n) is 16.0. The summed E-state index contributed by atoms with van der Waals surface area (Å²) in [6, 6.07) is 13.5. The predicted molar refractivity (Wildman–Crippen MR) is 114 cm³/mol. The van der Waals surface area contributed by atoms with Crippen LogP contribution in [0, 0.1) is 0 Å². The van der Waals surface area contributed by atoms with E-state index in [0.717, 1.165) is 12.0 Å². The topological polar surface area (TPSA) is 97.4 Å². The van der Waals surface area contributed by atoms with Crippen LogP contribution in [-0.4, -0.2) is 25.4 Å². The number of benzene rings is 2. The van der Waals surface area contributed by atoms with Gasteiger partial charge in [0.05, 0.1) is 4.90 Å². The third-order valence-electron chi connectivity index (χ3n) is 4.11. The first-order chi connectivity index (χ1) is 13.9. The SMILES string of the molecule is CCc1ccccc1O[C@H](C)C(=O)Nc1ccc(S(=O)(=O)Nc2nccs2)cc1. The number of nitrogens with zero attached hydrogens (tertiary/aromatic N) is 1. The van der Waals surface area contributed by atoms with Gasteiger partial charge >= 0.3 is 0 Å². The Labute approximate surface area is 173 Å². The number of hydrogen-bond donors (Lipinski definition) is 2. The summed E-state index contributed by atoms with van der Waals surface area (Å²) < 4.78 is 32.9. The molecule has 0 spiro atoms. The molecule has 3 rings (SSSR count). The summed E-state index contributed by atoms with van der Waals surface area (Å²) in [7, 11) is -3.73. The third kappa shape index (κ3) is 5.33. The highest BCUT2D eigenvalue weighted by molar-refractivity contribution is 7.93. The Morgan fingerprint density at radius 1 is 1.17 bits per heavy atom. The maximum Gasteiger partial charge on any atom is 0.265 e. The minimum Gasteiger partial charge on any atom is -0.481 e. The molecule has 2 N–H and O–H groups in total. The molecular weight excluding hydrogens is 410 g/mol. The summed E-state index contributed by atoms with van der Waals surface area (Å²) in [6.07, 6.45) is 1.61. The number of sulfonamides is 1. The summed E-state index contributed by atoms with van der Waals surface area (Å²) in [5, 5.41) is 4.71. The fourth-order valence-corrected chi connectivity index (χ4v) is 4.35. The molecule has 0 unspecified atom stereocenters. The molecule has 7 nitrogen and oxygen atoms in total. The number of anilines is 2. The van der Waals surface area contributed by atoms with Gasteiger partial charge in [0, 0.05) is 17.3 Å². The molecule has 1 amide bonds. The van der Waals surface area contributed by atoms with Crippen LogP contribution in [0.5, 0.6) is 5.75 Å². The Kier molecular flexibility index (Phi) is 6.50. The van der Waals surface area contributed by atoms with Crippen molar-refractivity contribution in [1.82, 2.24) is 4.98 Å². The lowest BCUT2D eigenvalue weighted by Crippen LogP contribution is -2.30. The molecule has 1 aromatic heterocycles. The number of hydrogen-bond acceptors (Lipinski definition) is 6. The van der Waals surface area contributed by atoms with Gasteiger partial charge in [-0.15, -0.1) is 11.3 Å². The van der Waals surface area contributed by atoms with Crippen LogP contribution in [0.1, 0.15) is 19.4 Å². The molecule has 0 fully saturated rings. The van der Waals surface area contributed by atoms with E-state index in [1.165, 1.54) is 41.8 Å². The number of ether oxygens (including phenoxy) is 1. The van der Waals surface area contributed by atoms with Crippen LogP contribution in [0.15, 0.2) is 65.0 Å². The second kappa shape index (κ2) is 9.06. The highest BCUT2D eigenvalue weighted by Crippen LogP contribution is 2.21. The largest absolute Gasteiger partial charge is 0.481 e. The second-order valence-electron chi connectivity index (χ2n) is 6.18. The number of rotatable bonds is 8. The zero-order chi connectivity index (χ0) is 20.9. The number of amides is 1. The van der Waals surface area contributed by atoms with E-state index in [4.69, 9.17) is 4.74 Å². The molecule has 0 aliphatic carbocycles. The number of carbonyl (C=O) groups excluding carboxylic acids is 1. The number of aryl methyl sites for hydroxylation is 1. The normalized spacial score (nSPS) is 12.2. The Morgan fingerprint density at radius 3 is 2.55 bits per heavy atom. The predicted octanol–water partition coefficient (Wildman–Crippen LogP) is 3.91. The molecule has 3 aromatic rings. The lowest BCUT2D eigenvalue weighted by atomic mass is 10.1. The van der Waals surface area contributed by atoms with Crippen molar-refractivity contribution in [3.8, 4) is 5.75 Å². The average molecular weight is 432 g/mol. The molecule has 0 saturated heterocycles. The lowest BCUT2D eigenvalue weighted by Gasteiger charge is -2.17. The summed E-state index contributed by atoms with van der Waals surface area (Å²) in [5.74, 6) is 0.347. The average Bonchev–Trinajstić information content (AvgIpc) is 3.21. The van der Waals surface area contributed by atoms with E-state index in [9.17, 15) is 13.2 Å². The molecule has 1 atom stereocenters. The van der Waals surface area contributed by atoms with Crippen molar-refractivity contribution < 1.29 is 17.9 Å². The number of para-hydroxylation sites is 1. The van der Waals surface area contributed by atoms with Crippen molar-refractivity contribution in [3.05, 3.63) is 65.7 Å². The van der Waals surface area contributed by atoms with Crippen LogP contribution in [-0.2, 0) is 21.2 Å². The first-order valence-corrected chi connectivity index (χ1v) is 11.3. The van der Waals surface area contributed by atoms with Gasteiger partial charge in [0.15, 0.2) is 11.2 Å². The van der Waals surface area contributed by atoms with Crippen molar-refractivity contribution in [2.45, 2.75) is 31.3 Å². The van der Waals surface area contributed by atoms with E-state index >= 15 is 0 Å². The van der Waals surface area contributed by atoms with Crippen LogP contribution < -0.4 is 14.8 Å². The summed E-state index contributed by atoms with van der Waals surface area (Å²) in [4.78, 5) is 16.4. The number of aromatic nitrogens is 1. The Bertz CT molecular complexity index is 1070. The van der Waals surface area contributed by atoms with Crippen LogP contribution in [0.25, 0.3) is 0 Å². The number of nitrogens with one attached hydrogen (secondary N) is 2. The monoisotopic (exact) mass is 431 g/mol. The molecule has 0 bridgehead atoms. The smallest absolute Gasteiger partial charge is 0.265 e. The summed E-state index contributed by atoms with van der Waals surface area (Å²) in [5.41, 5.74) is 1.50. The van der Waals surface area contributed by atoms with Crippen molar-refractivity contribution in [2.75, 3.05) is 10.0 Å². The minimum atomic E-state index is -3.73. The minimum absolute atomic E-state index is 0.0758. The van der Waals surface area contributed by atoms with Gasteiger partial charge in [-0.3, -0.25) is 9.52 Å². The molecule has 0 aliphatic heterocycles. The fraction of sp³-hybridized carbons (Fsp3) is 0.200. The highest BCUT2D eigenvalue weighted by Gasteiger charge is 2.18. The van der Waals surface area contributed by atoms with Crippen molar-refractivity contribution >= 4 is 38.1 Å². The number of thiazole rings is 1. The second-order valence-corrected chi connectivity index (χ2v) is 8.75. The van der Waals surface area contributed by atoms with Gasteiger partial charge in [0.25, 0.3) is 15.9 Å². The van der Waals surface area contributed by atoms with Crippen molar-refractivity contribution in [1.29, 1.82) is 0 Å². The molecule has 0 saturated carbocycles. The Hall–Kier alpha value is -2.91. The number of carbonyl (C=O) groups is 1. The first kappa shape index (κ1) is 20.8. The highest BCUT2D eigenvalue weighted by atomic mass is 32.2. The molecule has 1 heterocycles. The van der Waals surface area contributed by atoms with E-state index in [1.54, 1.807) is 12.3 Å². The maximum absolute atomic E-state index is 12.4. The van der Waals surface area contributed by atoms with E-state index in [1.807, 2.05) is 31.2 Å². The van der Waals surface area contributed by atoms with Gasteiger partial charge in [-0.25, -0.2) is 13.4 Å². The molecule has 2 aromatic carbocycles. The molecule has 0 radical (unpaired) electrons. The molecule has 29 heavy (non-hydrogen) atoms.